The van der Waals surface area contributed by atoms with Crippen molar-refractivity contribution < 1.29 is 0 Å². The van der Waals surface area contributed by atoms with Crippen LogP contribution in [-0.4, -0.2) is 11.0 Å². The van der Waals surface area contributed by atoms with Crippen molar-refractivity contribution in [2.75, 3.05) is 0 Å². The van der Waals surface area contributed by atoms with Crippen molar-refractivity contribution in [3.8, 4) is 0 Å². The highest BCUT2D eigenvalue weighted by molar-refractivity contribution is 5.75. The van der Waals surface area contributed by atoms with Crippen LogP contribution in [0.25, 0.3) is 0 Å². The van der Waals surface area contributed by atoms with Gasteiger partial charge in [-0.05, 0) is 0 Å². The fourth-order valence-electron chi connectivity index (χ4n) is 0.250. The summed E-state index contributed by atoms with van der Waals surface area (Å²) in [5, 5.41) is 0. The lowest BCUT2D eigenvalue weighted by molar-refractivity contribution is 0.504. The molecule has 0 atom stereocenters. The summed E-state index contributed by atoms with van der Waals surface area (Å²) in [6.07, 6.45) is 6.00. The Morgan fingerprint density at radius 3 is 0.800 bits per heavy atom. The van der Waals surface area contributed by atoms with E-state index in [-0.39, 0.29) is 11.0 Å². The lowest BCUT2D eigenvalue weighted by Gasteiger charge is -2.05. The smallest absolute Gasteiger partial charge is 0 e. The van der Waals surface area contributed by atoms with Crippen molar-refractivity contribution in [1.29, 1.82) is 0 Å². The van der Waals surface area contributed by atoms with Crippen LogP contribution in [-0.2, 0) is 0 Å². The van der Waals surface area contributed by atoms with Crippen molar-refractivity contribution in [3.05, 3.63) is 0 Å². The second-order valence-electron chi connectivity index (χ2n) is 1.41. The molecule has 4 radical (unpaired) electrons. The van der Waals surface area contributed by atoms with E-state index in [2.05, 4.69) is 0 Å². The maximum absolute atomic E-state index is 1.50. The van der Waals surface area contributed by atoms with Crippen LogP contribution in [0.3, 0.4) is 0 Å². The van der Waals surface area contributed by atoms with Crippen LogP contribution in [0.2, 0.25) is 0 Å². The quantitative estimate of drug-likeness (QED) is 0.387. The van der Waals surface area contributed by atoms with Crippen molar-refractivity contribution in [2.24, 2.45) is 0 Å². The second kappa shape index (κ2) is 2.45. The van der Waals surface area contributed by atoms with Crippen LogP contribution in [0, 0.1) is 0 Å². The van der Waals surface area contributed by atoms with E-state index in [1.165, 1.54) is 25.7 Å². The normalized spacial score (nSPS) is 19.2. The molecular formula is C4H8Si. The average Bonchev–Trinajstić information content (AvgIpc) is 0.722. The van der Waals surface area contributed by atoms with Crippen LogP contribution in [0.1, 0.15) is 25.7 Å². The third-order valence-corrected chi connectivity index (χ3v) is 1.000. The molecule has 0 aliphatic heterocycles. The number of hydrogen-bond donors (Lipinski definition) is 0. The molecule has 1 aliphatic carbocycles. The maximum atomic E-state index is 1.50. The van der Waals surface area contributed by atoms with Gasteiger partial charge in [0.15, 0.2) is 0 Å². The molecular weight excluding hydrogens is 76.1 g/mol. The molecule has 0 N–H and O–H groups in total. The van der Waals surface area contributed by atoms with Gasteiger partial charge in [-0.3, -0.25) is 0 Å². The molecule has 0 spiro atoms. The highest BCUT2D eigenvalue weighted by Gasteiger charge is 1.95. The van der Waals surface area contributed by atoms with Crippen molar-refractivity contribution >= 4 is 11.0 Å². The fraction of sp³-hybridized carbons (Fsp3) is 1.00. The Hall–Kier alpha value is 0.217. The van der Waals surface area contributed by atoms with Gasteiger partial charge in [0.25, 0.3) is 0 Å². The van der Waals surface area contributed by atoms with Gasteiger partial charge in [0.05, 0.1) is 0 Å². The van der Waals surface area contributed by atoms with Gasteiger partial charge in [0.1, 0.15) is 0 Å². The summed E-state index contributed by atoms with van der Waals surface area (Å²) in [7, 11) is 0. The monoisotopic (exact) mass is 84.0 g/mol. The summed E-state index contributed by atoms with van der Waals surface area (Å²) in [4.78, 5) is 0. The number of rotatable bonds is 0. The third kappa shape index (κ3) is 1.17. The summed E-state index contributed by atoms with van der Waals surface area (Å²) >= 11 is 0. The second-order valence-corrected chi connectivity index (χ2v) is 1.41. The van der Waals surface area contributed by atoms with Gasteiger partial charge < -0.3 is 0 Å². The summed E-state index contributed by atoms with van der Waals surface area (Å²) < 4.78 is 0. The minimum Gasteiger partial charge on any atom is -0.0533 e. The Morgan fingerprint density at radius 2 is 0.800 bits per heavy atom. The SMILES string of the molecule is C1CCC1.[Si]. The first-order valence-electron chi connectivity index (χ1n) is 2.00. The molecule has 0 unspecified atom stereocenters. The minimum absolute atomic E-state index is 0. The zero-order chi connectivity index (χ0) is 2.83. The molecule has 28 valence electrons. The van der Waals surface area contributed by atoms with Gasteiger partial charge in [-0.25, -0.2) is 0 Å². The topological polar surface area (TPSA) is 0 Å². The summed E-state index contributed by atoms with van der Waals surface area (Å²) in [6.45, 7) is 0. The lowest BCUT2D eigenvalue weighted by Crippen LogP contribution is -1.85. The van der Waals surface area contributed by atoms with Gasteiger partial charge >= 0.3 is 0 Å². The number of hydrogen-bond acceptors (Lipinski definition) is 0. The van der Waals surface area contributed by atoms with E-state index in [9.17, 15) is 0 Å². The van der Waals surface area contributed by atoms with E-state index < -0.39 is 0 Å². The standard InChI is InChI=1S/C4H8.Si/c1-2-4-3-1;/h1-4H2;. The molecule has 0 saturated heterocycles. The van der Waals surface area contributed by atoms with Crippen molar-refractivity contribution in [2.45, 2.75) is 25.7 Å². The average molecular weight is 84.2 g/mol. The maximum Gasteiger partial charge on any atom is 0 e. The molecule has 1 aliphatic rings. The van der Waals surface area contributed by atoms with Crippen LogP contribution in [0.15, 0.2) is 0 Å². The van der Waals surface area contributed by atoms with Gasteiger partial charge in [0.2, 0.25) is 0 Å². The molecule has 0 heterocycles. The van der Waals surface area contributed by atoms with Crippen molar-refractivity contribution in [1.82, 2.24) is 0 Å². The van der Waals surface area contributed by atoms with Crippen LogP contribution in [0.5, 0.6) is 0 Å². The molecule has 1 rings (SSSR count). The Morgan fingerprint density at radius 1 is 0.600 bits per heavy atom. The molecule has 0 aromatic carbocycles. The van der Waals surface area contributed by atoms with E-state index in [4.69, 9.17) is 0 Å². The Bertz CT molecular complexity index is 11.6. The van der Waals surface area contributed by atoms with Crippen LogP contribution < -0.4 is 0 Å². The highest BCUT2D eigenvalue weighted by Crippen LogP contribution is 2.15. The van der Waals surface area contributed by atoms with E-state index in [1.807, 2.05) is 0 Å². The zero-order valence-electron chi connectivity index (χ0n) is 3.33. The lowest BCUT2D eigenvalue weighted by atomic mass is 10.0. The summed E-state index contributed by atoms with van der Waals surface area (Å²) in [6, 6.07) is 0. The van der Waals surface area contributed by atoms with E-state index in [0.717, 1.165) is 0 Å². The third-order valence-electron chi connectivity index (χ3n) is 1.000. The molecule has 5 heavy (non-hydrogen) atoms. The molecule has 0 bridgehead atoms. The largest absolute Gasteiger partial charge is 0.0533 e. The predicted molar refractivity (Wildman–Crippen MR) is 24.2 cm³/mol. The first-order chi connectivity index (χ1) is 2.00. The summed E-state index contributed by atoms with van der Waals surface area (Å²) in [5.41, 5.74) is 0. The van der Waals surface area contributed by atoms with Gasteiger partial charge in [-0.2, -0.15) is 0 Å². The summed E-state index contributed by atoms with van der Waals surface area (Å²) in [5.74, 6) is 0. The van der Waals surface area contributed by atoms with E-state index in [1.54, 1.807) is 0 Å². The Kier molecular flexibility index (Phi) is 2.56. The highest BCUT2D eigenvalue weighted by atomic mass is 28.1. The first-order valence-corrected chi connectivity index (χ1v) is 2.00. The molecule has 1 saturated carbocycles. The van der Waals surface area contributed by atoms with Gasteiger partial charge in [-0.1, -0.05) is 25.7 Å². The molecule has 1 fully saturated rings. The Labute approximate surface area is 37.6 Å². The van der Waals surface area contributed by atoms with Crippen LogP contribution in [0.4, 0.5) is 0 Å². The first kappa shape index (κ1) is 5.22. The predicted octanol–water partition coefficient (Wildman–Crippen LogP) is 1.18. The molecule has 0 aromatic rings. The Balaban J connectivity index is 0.000000160. The van der Waals surface area contributed by atoms with Crippen molar-refractivity contribution in [3.63, 3.8) is 0 Å². The van der Waals surface area contributed by atoms with E-state index in [0.29, 0.717) is 0 Å². The van der Waals surface area contributed by atoms with Gasteiger partial charge in [-0.15, -0.1) is 0 Å². The molecule has 0 amide bonds. The van der Waals surface area contributed by atoms with E-state index >= 15 is 0 Å². The fourth-order valence-corrected chi connectivity index (χ4v) is 0.250. The van der Waals surface area contributed by atoms with Crippen LogP contribution >= 0.6 is 0 Å². The molecule has 0 aromatic heterocycles. The molecule has 1 heteroatoms. The molecule has 0 nitrogen and oxygen atoms in total. The zero-order valence-corrected chi connectivity index (χ0v) is 4.33. The minimum atomic E-state index is 0. The van der Waals surface area contributed by atoms with Gasteiger partial charge in [0, 0.05) is 11.0 Å².